The molecular formula is C17H26BrNO2. The summed E-state index contributed by atoms with van der Waals surface area (Å²) < 4.78 is 5.66. The van der Waals surface area contributed by atoms with Gasteiger partial charge in [0.25, 0.3) is 0 Å². The second-order valence-electron chi connectivity index (χ2n) is 5.35. The Morgan fingerprint density at radius 3 is 2.71 bits per heavy atom. The van der Waals surface area contributed by atoms with Gasteiger partial charge in [0.2, 0.25) is 0 Å². The molecule has 3 nitrogen and oxygen atoms in total. The molecule has 1 unspecified atom stereocenters. The number of carbonyl (C=O) groups is 1. The Morgan fingerprint density at radius 2 is 2.14 bits per heavy atom. The number of esters is 1. The SMILES string of the molecule is CCCCC(CC)CNCc1ccc(C(=O)OC)cc1Br. The molecule has 118 valence electrons. The van der Waals surface area contributed by atoms with Gasteiger partial charge in [0, 0.05) is 11.0 Å². The fourth-order valence-electron chi connectivity index (χ4n) is 2.29. The lowest BCUT2D eigenvalue weighted by Crippen LogP contribution is -2.22. The average Bonchev–Trinajstić information content (AvgIpc) is 2.51. The van der Waals surface area contributed by atoms with Crippen molar-refractivity contribution in [2.24, 2.45) is 5.92 Å². The van der Waals surface area contributed by atoms with E-state index in [0.717, 1.165) is 29.0 Å². The molecule has 0 amide bonds. The Kier molecular flexibility index (Phi) is 8.62. The minimum atomic E-state index is -0.305. The molecule has 0 aliphatic rings. The van der Waals surface area contributed by atoms with Gasteiger partial charge >= 0.3 is 5.97 Å². The van der Waals surface area contributed by atoms with Crippen LogP contribution in [-0.4, -0.2) is 19.6 Å². The fraction of sp³-hybridized carbons (Fsp3) is 0.588. The summed E-state index contributed by atoms with van der Waals surface area (Å²) in [5.41, 5.74) is 1.73. The minimum absolute atomic E-state index is 0.305. The van der Waals surface area contributed by atoms with Crippen LogP contribution in [0.4, 0.5) is 0 Å². The van der Waals surface area contributed by atoms with Crippen LogP contribution in [0.3, 0.4) is 0 Å². The lowest BCUT2D eigenvalue weighted by Gasteiger charge is -2.16. The number of carbonyl (C=O) groups excluding carboxylic acids is 1. The maximum atomic E-state index is 11.5. The van der Waals surface area contributed by atoms with E-state index >= 15 is 0 Å². The summed E-state index contributed by atoms with van der Waals surface area (Å²) in [5, 5.41) is 3.52. The first-order chi connectivity index (χ1) is 10.1. The molecule has 0 aliphatic carbocycles. The molecule has 0 aromatic heterocycles. The number of ether oxygens (including phenoxy) is 1. The number of benzene rings is 1. The maximum Gasteiger partial charge on any atom is 0.337 e. The molecule has 0 fully saturated rings. The number of hydrogen-bond acceptors (Lipinski definition) is 3. The van der Waals surface area contributed by atoms with Crippen molar-refractivity contribution in [1.29, 1.82) is 0 Å². The van der Waals surface area contributed by atoms with Gasteiger partial charge in [-0.3, -0.25) is 0 Å². The van der Waals surface area contributed by atoms with Crippen LogP contribution >= 0.6 is 15.9 Å². The molecule has 1 rings (SSSR count). The Morgan fingerprint density at radius 1 is 1.38 bits per heavy atom. The molecule has 0 spiro atoms. The Bertz CT molecular complexity index is 448. The molecule has 21 heavy (non-hydrogen) atoms. The molecule has 0 heterocycles. The first-order valence-electron chi connectivity index (χ1n) is 7.69. The molecule has 4 heteroatoms. The average molecular weight is 356 g/mol. The third-order valence-electron chi connectivity index (χ3n) is 3.77. The normalized spacial score (nSPS) is 12.2. The number of unbranched alkanes of at least 4 members (excludes halogenated alkanes) is 1. The lowest BCUT2D eigenvalue weighted by molar-refractivity contribution is 0.0600. The predicted molar refractivity (Wildman–Crippen MR) is 90.5 cm³/mol. The van der Waals surface area contributed by atoms with Gasteiger partial charge < -0.3 is 10.1 Å². The number of methoxy groups -OCH3 is 1. The van der Waals surface area contributed by atoms with Crippen LogP contribution in [0.1, 0.15) is 55.5 Å². The van der Waals surface area contributed by atoms with Gasteiger partial charge in [0.1, 0.15) is 0 Å². The molecule has 0 radical (unpaired) electrons. The van der Waals surface area contributed by atoms with E-state index in [2.05, 4.69) is 35.1 Å². The maximum absolute atomic E-state index is 11.5. The standard InChI is InChI=1S/C17H26BrNO2/c1-4-6-7-13(5-2)11-19-12-15-9-8-14(10-16(15)18)17(20)21-3/h8-10,13,19H,4-7,11-12H2,1-3H3. The zero-order chi connectivity index (χ0) is 15.7. The van der Waals surface area contributed by atoms with Gasteiger partial charge in [0.15, 0.2) is 0 Å². The van der Waals surface area contributed by atoms with Gasteiger partial charge in [0.05, 0.1) is 12.7 Å². The molecule has 1 N–H and O–H groups in total. The summed E-state index contributed by atoms with van der Waals surface area (Å²) in [5.74, 6) is 0.443. The summed E-state index contributed by atoms with van der Waals surface area (Å²) in [6.45, 7) is 6.34. The number of rotatable bonds is 9. The number of hydrogen-bond donors (Lipinski definition) is 1. The van der Waals surface area contributed by atoms with Gasteiger partial charge in [-0.2, -0.15) is 0 Å². The smallest absolute Gasteiger partial charge is 0.337 e. The molecule has 0 bridgehead atoms. The second kappa shape index (κ2) is 9.96. The van der Waals surface area contributed by atoms with Crippen molar-refractivity contribution in [2.75, 3.05) is 13.7 Å². The quantitative estimate of drug-likeness (QED) is 0.660. The highest BCUT2D eigenvalue weighted by molar-refractivity contribution is 9.10. The summed E-state index contributed by atoms with van der Waals surface area (Å²) in [6.07, 6.45) is 5.08. The van der Waals surface area contributed by atoms with Crippen molar-refractivity contribution in [3.05, 3.63) is 33.8 Å². The van der Waals surface area contributed by atoms with E-state index in [1.807, 2.05) is 18.2 Å². The van der Waals surface area contributed by atoms with Gasteiger partial charge in [-0.1, -0.05) is 55.1 Å². The van der Waals surface area contributed by atoms with Crippen LogP contribution in [0.25, 0.3) is 0 Å². The number of halogens is 1. The molecule has 0 saturated carbocycles. The van der Waals surface area contributed by atoms with Crippen molar-refractivity contribution in [1.82, 2.24) is 5.32 Å². The van der Waals surface area contributed by atoms with Gasteiger partial charge in [-0.15, -0.1) is 0 Å². The fourth-order valence-corrected chi connectivity index (χ4v) is 2.81. The Balaban J connectivity index is 2.50. The van der Waals surface area contributed by atoms with Crippen LogP contribution in [0.2, 0.25) is 0 Å². The molecular weight excluding hydrogens is 330 g/mol. The van der Waals surface area contributed by atoms with Gasteiger partial charge in [-0.25, -0.2) is 4.79 Å². The minimum Gasteiger partial charge on any atom is -0.465 e. The summed E-state index contributed by atoms with van der Waals surface area (Å²) in [7, 11) is 1.40. The van der Waals surface area contributed by atoms with E-state index in [1.54, 1.807) is 0 Å². The third kappa shape index (κ3) is 6.18. The zero-order valence-electron chi connectivity index (χ0n) is 13.2. The molecule has 1 aromatic carbocycles. The van der Waals surface area contributed by atoms with Crippen molar-refractivity contribution in [3.8, 4) is 0 Å². The van der Waals surface area contributed by atoms with E-state index < -0.39 is 0 Å². The molecule has 0 aliphatic heterocycles. The largest absolute Gasteiger partial charge is 0.465 e. The van der Waals surface area contributed by atoms with Crippen molar-refractivity contribution < 1.29 is 9.53 Å². The van der Waals surface area contributed by atoms with Crippen molar-refractivity contribution in [2.45, 2.75) is 46.1 Å². The second-order valence-corrected chi connectivity index (χ2v) is 6.20. The highest BCUT2D eigenvalue weighted by atomic mass is 79.9. The zero-order valence-corrected chi connectivity index (χ0v) is 14.8. The first-order valence-corrected chi connectivity index (χ1v) is 8.49. The van der Waals surface area contributed by atoms with E-state index in [-0.39, 0.29) is 5.97 Å². The lowest BCUT2D eigenvalue weighted by atomic mass is 9.99. The monoisotopic (exact) mass is 355 g/mol. The highest BCUT2D eigenvalue weighted by Gasteiger charge is 2.09. The van der Waals surface area contributed by atoms with Gasteiger partial charge in [-0.05, 0) is 36.6 Å². The number of nitrogens with one attached hydrogen (secondary N) is 1. The Labute approximate surface area is 136 Å². The molecule has 0 saturated heterocycles. The summed E-state index contributed by atoms with van der Waals surface area (Å²) >= 11 is 3.52. The molecule has 1 atom stereocenters. The van der Waals surface area contributed by atoms with E-state index in [0.29, 0.717) is 5.56 Å². The summed E-state index contributed by atoms with van der Waals surface area (Å²) in [4.78, 5) is 11.5. The highest BCUT2D eigenvalue weighted by Crippen LogP contribution is 2.19. The van der Waals surface area contributed by atoms with Crippen molar-refractivity contribution >= 4 is 21.9 Å². The van der Waals surface area contributed by atoms with Crippen LogP contribution in [0, 0.1) is 5.92 Å². The van der Waals surface area contributed by atoms with E-state index in [9.17, 15) is 4.79 Å². The van der Waals surface area contributed by atoms with E-state index in [4.69, 9.17) is 4.74 Å². The summed E-state index contributed by atoms with van der Waals surface area (Å²) in [6, 6.07) is 5.59. The first kappa shape index (κ1) is 18.2. The molecule has 1 aromatic rings. The van der Waals surface area contributed by atoms with E-state index in [1.165, 1.54) is 32.8 Å². The predicted octanol–water partition coefficient (Wildman–Crippen LogP) is 4.54. The van der Waals surface area contributed by atoms with Crippen molar-refractivity contribution in [3.63, 3.8) is 0 Å². The topological polar surface area (TPSA) is 38.3 Å². The van der Waals surface area contributed by atoms with Crippen LogP contribution in [0.5, 0.6) is 0 Å². The van der Waals surface area contributed by atoms with Crippen LogP contribution in [0.15, 0.2) is 22.7 Å². The Hall–Kier alpha value is -0.870. The van der Waals surface area contributed by atoms with Crippen LogP contribution < -0.4 is 5.32 Å². The third-order valence-corrected chi connectivity index (χ3v) is 4.50. The van der Waals surface area contributed by atoms with Crippen LogP contribution in [-0.2, 0) is 11.3 Å².